The number of hydrogen-bond donors (Lipinski definition) is 2. The monoisotopic (exact) mass is 786 g/mol. The number of rotatable bonds is 22. The summed E-state index contributed by atoms with van der Waals surface area (Å²) in [6, 6.07) is 34.7. The number of esters is 2. The van der Waals surface area contributed by atoms with Crippen molar-refractivity contribution in [2.45, 2.75) is 61.0 Å². The summed E-state index contributed by atoms with van der Waals surface area (Å²) in [5.41, 5.74) is 1.53. The van der Waals surface area contributed by atoms with Gasteiger partial charge in [0.1, 0.15) is 36.9 Å². The minimum Gasteiger partial charge on any atom is -0.490 e. The van der Waals surface area contributed by atoms with E-state index in [0.717, 1.165) is 20.9 Å². The van der Waals surface area contributed by atoms with Crippen LogP contribution in [-0.2, 0) is 34.1 Å². The molecule has 3 unspecified atom stereocenters. The van der Waals surface area contributed by atoms with Gasteiger partial charge in [-0.3, -0.25) is 14.4 Å². The SMILES string of the molecule is C=C(CC(=O)O)C(=O)OC(COc1ccc(C(C)(C)c2ccc(OCC(CSc3ccccc3)OC(=O)C(C)CC(=O)O)cc2)cc1)CSc1ccccc1. The number of aliphatic carboxylic acids is 2. The fraction of sp³-hybridized carbons (Fsp3) is 0.302. The molecular weight excluding hydrogens is 741 g/mol. The van der Waals surface area contributed by atoms with E-state index in [1.807, 2.05) is 109 Å². The molecule has 0 radical (unpaired) electrons. The molecule has 4 aromatic rings. The quantitative estimate of drug-likeness (QED) is 0.0449. The Hall–Kier alpha value is -5.20. The van der Waals surface area contributed by atoms with Crippen LogP contribution in [0.1, 0.15) is 44.7 Å². The molecule has 0 aliphatic rings. The van der Waals surface area contributed by atoms with Crippen LogP contribution in [0.4, 0.5) is 0 Å². The molecule has 0 amide bonds. The van der Waals surface area contributed by atoms with Crippen LogP contribution in [0.15, 0.2) is 131 Å². The highest BCUT2D eigenvalue weighted by Crippen LogP contribution is 2.34. The predicted molar refractivity (Wildman–Crippen MR) is 213 cm³/mol. The Morgan fingerprint density at radius 1 is 0.655 bits per heavy atom. The second-order valence-electron chi connectivity index (χ2n) is 13.3. The molecule has 0 saturated heterocycles. The minimum atomic E-state index is -1.16. The van der Waals surface area contributed by atoms with E-state index in [1.165, 1.54) is 30.4 Å². The first-order valence-corrected chi connectivity index (χ1v) is 19.6. The average Bonchev–Trinajstić information content (AvgIpc) is 3.17. The number of carbonyl (C=O) groups excluding carboxylic acids is 2. The molecule has 4 rings (SSSR count). The Labute approximate surface area is 330 Å². The third kappa shape index (κ3) is 14.2. The van der Waals surface area contributed by atoms with E-state index in [2.05, 4.69) is 20.4 Å². The maximum absolute atomic E-state index is 12.7. The van der Waals surface area contributed by atoms with E-state index in [9.17, 15) is 19.2 Å². The zero-order valence-corrected chi connectivity index (χ0v) is 32.7. The zero-order valence-electron chi connectivity index (χ0n) is 31.1. The number of benzene rings is 4. The maximum Gasteiger partial charge on any atom is 0.334 e. The second kappa shape index (κ2) is 21.0. The van der Waals surface area contributed by atoms with Gasteiger partial charge in [-0.15, -0.1) is 23.5 Å². The number of ether oxygens (including phenoxy) is 4. The number of carboxylic acid groups (broad SMARTS) is 2. The van der Waals surface area contributed by atoms with Crippen molar-refractivity contribution in [2.75, 3.05) is 24.7 Å². The van der Waals surface area contributed by atoms with E-state index >= 15 is 0 Å². The Bertz CT molecular complexity index is 1860. The van der Waals surface area contributed by atoms with Crippen LogP contribution in [0.25, 0.3) is 0 Å². The van der Waals surface area contributed by atoms with Gasteiger partial charge in [0.25, 0.3) is 0 Å². The molecule has 0 aliphatic carbocycles. The van der Waals surface area contributed by atoms with Gasteiger partial charge in [-0.1, -0.05) is 88.0 Å². The Kier molecular flexibility index (Phi) is 16.3. The van der Waals surface area contributed by atoms with E-state index in [4.69, 9.17) is 29.2 Å². The molecule has 0 bridgehead atoms. The van der Waals surface area contributed by atoms with E-state index in [1.54, 1.807) is 0 Å². The van der Waals surface area contributed by atoms with Crippen LogP contribution < -0.4 is 9.47 Å². The van der Waals surface area contributed by atoms with Crippen LogP contribution in [0, 0.1) is 5.92 Å². The molecule has 2 N–H and O–H groups in total. The lowest BCUT2D eigenvalue weighted by molar-refractivity contribution is -0.157. The summed E-state index contributed by atoms with van der Waals surface area (Å²) in [6.45, 7) is 9.46. The van der Waals surface area contributed by atoms with Crippen molar-refractivity contribution in [3.8, 4) is 11.5 Å². The fourth-order valence-corrected chi connectivity index (χ4v) is 7.02. The number of thioether (sulfide) groups is 2. The van der Waals surface area contributed by atoms with E-state index in [-0.39, 0.29) is 25.2 Å². The van der Waals surface area contributed by atoms with Gasteiger partial charge in [-0.25, -0.2) is 4.79 Å². The summed E-state index contributed by atoms with van der Waals surface area (Å²) in [5.74, 6) is -2.36. The molecule has 0 saturated carbocycles. The van der Waals surface area contributed by atoms with Crippen molar-refractivity contribution in [1.29, 1.82) is 0 Å². The Morgan fingerprint density at radius 3 is 1.51 bits per heavy atom. The predicted octanol–water partition coefficient (Wildman–Crippen LogP) is 8.32. The molecule has 0 spiro atoms. The van der Waals surface area contributed by atoms with E-state index in [0.29, 0.717) is 23.0 Å². The highest BCUT2D eigenvalue weighted by atomic mass is 32.2. The smallest absolute Gasteiger partial charge is 0.334 e. The molecule has 290 valence electrons. The van der Waals surface area contributed by atoms with Gasteiger partial charge < -0.3 is 29.2 Å². The standard InChI is InChI=1S/C43H46O10S2/c1-29(23-39(44)45)41(48)52-35(27-54-37-11-7-5-8-12-37)25-50-33-19-15-31(16-20-33)43(3,4)32-17-21-34(22-18-32)51-26-36(28-55-38-13-9-6-10-14-38)53-42(49)30(2)24-40(46)47/h5-22,30,35-36H,1,23-28H2,2-4H3,(H,44,45)(H,46,47). The van der Waals surface area contributed by atoms with Gasteiger partial charge in [0, 0.05) is 32.3 Å². The summed E-state index contributed by atoms with van der Waals surface area (Å²) in [5, 5.41) is 18.2. The van der Waals surface area contributed by atoms with Gasteiger partial charge >= 0.3 is 23.9 Å². The van der Waals surface area contributed by atoms with Crippen molar-refractivity contribution in [2.24, 2.45) is 5.92 Å². The lowest BCUT2D eigenvalue weighted by atomic mass is 9.78. The first-order chi connectivity index (χ1) is 26.3. The highest BCUT2D eigenvalue weighted by molar-refractivity contribution is 7.99. The van der Waals surface area contributed by atoms with Gasteiger partial charge in [0.2, 0.25) is 0 Å². The van der Waals surface area contributed by atoms with Crippen molar-refractivity contribution in [3.05, 3.63) is 132 Å². The van der Waals surface area contributed by atoms with Gasteiger partial charge in [-0.2, -0.15) is 0 Å². The zero-order chi connectivity index (χ0) is 39.8. The van der Waals surface area contributed by atoms with Crippen LogP contribution in [0.3, 0.4) is 0 Å². The fourth-order valence-electron chi connectivity index (χ4n) is 5.24. The number of hydrogen-bond acceptors (Lipinski definition) is 10. The number of carbonyl (C=O) groups is 4. The summed E-state index contributed by atoms with van der Waals surface area (Å²) in [6.07, 6.45) is -2.09. The van der Waals surface area contributed by atoms with Crippen LogP contribution in [0.5, 0.6) is 11.5 Å². The van der Waals surface area contributed by atoms with Crippen molar-refractivity contribution in [1.82, 2.24) is 0 Å². The molecule has 0 aliphatic heterocycles. The molecule has 0 heterocycles. The molecule has 10 nitrogen and oxygen atoms in total. The lowest BCUT2D eigenvalue weighted by Gasteiger charge is -2.27. The minimum absolute atomic E-state index is 0.0580. The number of carboxylic acids is 2. The molecule has 4 aromatic carbocycles. The van der Waals surface area contributed by atoms with Crippen molar-refractivity contribution < 1.29 is 48.3 Å². The Morgan fingerprint density at radius 2 is 1.09 bits per heavy atom. The van der Waals surface area contributed by atoms with Gasteiger partial charge in [-0.05, 0) is 59.7 Å². The van der Waals surface area contributed by atoms with Crippen LogP contribution in [-0.4, -0.2) is 71.0 Å². The van der Waals surface area contributed by atoms with Crippen LogP contribution >= 0.6 is 23.5 Å². The summed E-state index contributed by atoms with van der Waals surface area (Å²) >= 11 is 3.02. The molecule has 0 aromatic heterocycles. The third-order valence-corrected chi connectivity index (χ3v) is 10.8. The maximum atomic E-state index is 12.7. The van der Waals surface area contributed by atoms with Crippen molar-refractivity contribution in [3.63, 3.8) is 0 Å². The molecule has 12 heteroatoms. The topological polar surface area (TPSA) is 146 Å². The Balaban J connectivity index is 1.36. The summed E-state index contributed by atoms with van der Waals surface area (Å²) < 4.78 is 23.4. The van der Waals surface area contributed by atoms with Gasteiger partial charge in [0.05, 0.1) is 18.8 Å². The first-order valence-electron chi connectivity index (χ1n) is 17.7. The second-order valence-corrected chi connectivity index (χ2v) is 15.5. The van der Waals surface area contributed by atoms with Crippen molar-refractivity contribution >= 4 is 47.4 Å². The highest BCUT2D eigenvalue weighted by Gasteiger charge is 2.26. The van der Waals surface area contributed by atoms with Crippen LogP contribution in [0.2, 0.25) is 0 Å². The molecule has 3 atom stereocenters. The normalized spacial score (nSPS) is 12.8. The summed E-state index contributed by atoms with van der Waals surface area (Å²) in [4.78, 5) is 49.4. The largest absolute Gasteiger partial charge is 0.490 e. The first kappa shape index (κ1) is 42.5. The third-order valence-electron chi connectivity index (χ3n) is 8.47. The molecular formula is C43H46O10S2. The molecule has 55 heavy (non-hydrogen) atoms. The average molecular weight is 787 g/mol. The van der Waals surface area contributed by atoms with E-state index < -0.39 is 53.8 Å². The lowest BCUT2D eigenvalue weighted by Crippen LogP contribution is -2.30. The summed E-state index contributed by atoms with van der Waals surface area (Å²) in [7, 11) is 0. The molecule has 0 fully saturated rings. The van der Waals surface area contributed by atoms with Gasteiger partial charge in [0.15, 0.2) is 0 Å².